The third-order valence-electron chi connectivity index (χ3n) is 4.59. The van der Waals surface area contributed by atoms with Gasteiger partial charge in [0.1, 0.15) is 17.9 Å². The maximum absolute atomic E-state index is 12.9. The van der Waals surface area contributed by atoms with Gasteiger partial charge in [-0.15, -0.1) is 0 Å². The van der Waals surface area contributed by atoms with Gasteiger partial charge in [-0.1, -0.05) is 18.2 Å². The molecule has 2 aromatic rings. The Balaban J connectivity index is 1.62. The molecule has 28 heavy (non-hydrogen) atoms. The van der Waals surface area contributed by atoms with Gasteiger partial charge in [0.25, 0.3) is 5.91 Å². The standard InChI is InChI=1S/C20H25N3O5/c1-13(2)27-10-6-9-21-17(24)12-23-18(25)20(3,22-19(23)26)16-11-14-7-4-5-8-15(14)28-16/h4-5,7-8,11,13H,6,9-10,12H2,1-3H3,(H,21,24)(H,22,26)/t20-/m1/s1. The Bertz CT molecular complexity index is 858. The van der Waals surface area contributed by atoms with Crippen LogP contribution in [0.2, 0.25) is 0 Å². The lowest BCUT2D eigenvalue weighted by molar-refractivity contribution is -0.135. The fourth-order valence-corrected chi connectivity index (χ4v) is 3.05. The molecular weight excluding hydrogens is 362 g/mol. The SMILES string of the molecule is CC(C)OCCCNC(=O)CN1C(=O)N[C@](C)(c2cc3ccccc3o2)C1=O. The van der Waals surface area contributed by atoms with Gasteiger partial charge >= 0.3 is 6.03 Å². The summed E-state index contributed by atoms with van der Waals surface area (Å²) in [5, 5.41) is 6.18. The fourth-order valence-electron chi connectivity index (χ4n) is 3.05. The number of rotatable bonds is 8. The second-order valence-electron chi connectivity index (χ2n) is 7.22. The summed E-state index contributed by atoms with van der Waals surface area (Å²) in [7, 11) is 0. The molecule has 1 aliphatic heterocycles. The number of carbonyl (C=O) groups is 3. The summed E-state index contributed by atoms with van der Waals surface area (Å²) >= 11 is 0. The Hall–Kier alpha value is -2.87. The molecule has 0 aliphatic carbocycles. The normalized spacial score (nSPS) is 19.5. The number of hydrogen-bond acceptors (Lipinski definition) is 5. The number of fused-ring (bicyclic) bond motifs is 1. The maximum atomic E-state index is 12.9. The van der Waals surface area contributed by atoms with Crippen LogP contribution in [0, 0.1) is 0 Å². The number of benzene rings is 1. The number of amides is 4. The second kappa shape index (κ2) is 8.02. The zero-order valence-electron chi connectivity index (χ0n) is 16.3. The number of nitrogens with zero attached hydrogens (tertiary/aromatic N) is 1. The second-order valence-corrected chi connectivity index (χ2v) is 7.22. The Morgan fingerprint density at radius 1 is 1.32 bits per heavy atom. The van der Waals surface area contributed by atoms with Gasteiger partial charge < -0.3 is 19.8 Å². The lowest BCUT2D eigenvalue weighted by Crippen LogP contribution is -2.43. The summed E-state index contributed by atoms with van der Waals surface area (Å²) in [5.74, 6) is -0.586. The van der Waals surface area contributed by atoms with Crippen molar-refractivity contribution in [1.29, 1.82) is 0 Å². The molecule has 1 aliphatic rings. The molecular formula is C20H25N3O5. The highest BCUT2D eigenvalue weighted by Gasteiger charge is 2.51. The number of urea groups is 1. The van der Waals surface area contributed by atoms with Crippen molar-refractivity contribution in [2.24, 2.45) is 0 Å². The van der Waals surface area contributed by atoms with Crippen molar-refractivity contribution in [1.82, 2.24) is 15.5 Å². The molecule has 0 saturated carbocycles. The molecule has 2 heterocycles. The topological polar surface area (TPSA) is 101 Å². The van der Waals surface area contributed by atoms with E-state index in [0.717, 1.165) is 10.3 Å². The van der Waals surface area contributed by atoms with Gasteiger partial charge in [-0.2, -0.15) is 0 Å². The van der Waals surface area contributed by atoms with E-state index in [1.165, 1.54) is 0 Å². The predicted molar refractivity (Wildman–Crippen MR) is 103 cm³/mol. The van der Waals surface area contributed by atoms with Crippen molar-refractivity contribution in [3.8, 4) is 0 Å². The number of imide groups is 1. The van der Waals surface area contributed by atoms with Crippen LogP contribution in [0.25, 0.3) is 11.0 Å². The van der Waals surface area contributed by atoms with Crippen LogP contribution in [0.1, 0.15) is 33.0 Å². The monoisotopic (exact) mass is 387 g/mol. The number of furan rings is 1. The van der Waals surface area contributed by atoms with Crippen molar-refractivity contribution in [2.75, 3.05) is 19.7 Å². The zero-order chi connectivity index (χ0) is 20.3. The van der Waals surface area contributed by atoms with E-state index >= 15 is 0 Å². The first kappa shape index (κ1) is 19.9. The largest absolute Gasteiger partial charge is 0.458 e. The molecule has 0 unspecified atom stereocenters. The number of para-hydroxylation sites is 1. The van der Waals surface area contributed by atoms with Gasteiger partial charge in [-0.25, -0.2) is 4.79 Å². The summed E-state index contributed by atoms with van der Waals surface area (Å²) in [5.41, 5.74) is -0.720. The number of nitrogens with one attached hydrogen (secondary N) is 2. The molecule has 0 radical (unpaired) electrons. The molecule has 1 aromatic carbocycles. The minimum atomic E-state index is -1.35. The van der Waals surface area contributed by atoms with Crippen LogP contribution in [0.4, 0.5) is 4.79 Å². The average Bonchev–Trinajstić information content (AvgIpc) is 3.17. The highest BCUT2D eigenvalue weighted by molar-refractivity contribution is 6.09. The molecule has 3 rings (SSSR count). The van der Waals surface area contributed by atoms with Crippen LogP contribution in [0.3, 0.4) is 0 Å². The van der Waals surface area contributed by atoms with Crippen molar-refractivity contribution >= 4 is 28.8 Å². The third-order valence-corrected chi connectivity index (χ3v) is 4.59. The number of carbonyl (C=O) groups excluding carboxylic acids is 3. The molecule has 0 bridgehead atoms. The Morgan fingerprint density at radius 2 is 2.07 bits per heavy atom. The molecule has 1 atom stereocenters. The molecule has 0 spiro atoms. The van der Waals surface area contributed by atoms with E-state index in [1.54, 1.807) is 19.1 Å². The molecule has 2 N–H and O–H groups in total. The summed E-state index contributed by atoms with van der Waals surface area (Å²) in [6.45, 7) is 6.06. The van der Waals surface area contributed by atoms with Gasteiger partial charge in [0.2, 0.25) is 5.91 Å². The first-order chi connectivity index (χ1) is 13.3. The van der Waals surface area contributed by atoms with E-state index in [0.29, 0.717) is 30.9 Å². The van der Waals surface area contributed by atoms with Crippen LogP contribution in [-0.2, 0) is 19.9 Å². The Morgan fingerprint density at radius 3 is 2.79 bits per heavy atom. The summed E-state index contributed by atoms with van der Waals surface area (Å²) in [6, 6.07) is 8.45. The van der Waals surface area contributed by atoms with Crippen molar-refractivity contribution in [3.63, 3.8) is 0 Å². The minimum absolute atomic E-state index is 0.137. The summed E-state index contributed by atoms with van der Waals surface area (Å²) in [4.78, 5) is 38.2. The van der Waals surface area contributed by atoms with Gasteiger partial charge in [-0.05, 0) is 39.3 Å². The van der Waals surface area contributed by atoms with E-state index < -0.39 is 23.4 Å². The molecule has 8 nitrogen and oxygen atoms in total. The van der Waals surface area contributed by atoms with Crippen LogP contribution in [0.5, 0.6) is 0 Å². The highest BCUT2D eigenvalue weighted by Crippen LogP contribution is 2.32. The van der Waals surface area contributed by atoms with E-state index in [9.17, 15) is 14.4 Å². The highest BCUT2D eigenvalue weighted by atomic mass is 16.5. The quantitative estimate of drug-likeness (QED) is 0.534. The van der Waals surface area contributed by atoms with Gasteiger partial charge in [0, 0.05) is 18.5 Å². The van der Waals surface area contributed by atoms with Crippen LogP contribution in [-0.4, -0.2) is 48.5 Å². The van der Waals surface area contributed by atoms with Crippen molar-refractivity contribution in [3.05, 3.63) is 36.1 Å². The predicted octanol–water partition coefficient (Wildman–Crippen LogP) is 2.13. The van der Waals surface area contributed by atoms with Gasteiger partial charge in [0.05, 0.1) is 6.10 Å². The van der Waals surface area contributed by atoms with E-state index in [2.05, 4.69) is 10.6 Å². The van der Waals surface area contributed by atoms with Gasteiger partial charge in [-0.3, -0.25) is 14.5 Å². The molecule has 150 valence electrons. The fraction of sp³-hybridized carbons (Fsp3) is 0.450. The van der Waals surface area contributed by atoms with Gasteiger partial charge in [0.15, 0.2) is 5.54 Å². The van der Waals surface area contributed by atoms with Crippen LogP contribution >= 0.6 is 0 Å². The number of ether oxygens (including phenoxy) is 1. The van der Waals surface area contributed by atoms with E-state index in [4.69, 9.17) is 9.15 Å². The Labute approximate surface area is 163 Å². The van der Waals surface area contributed by atoms with E-state index in [1.807, 2.05) is 32.0 Å². The zero-order valence-corrected chi connectivity index (χ0v) is 16.3. The lowest BCUT2D eigenvalue weighted by Gasteiger charge is -2.18. The minimum Gasteiger partial charge on any atom is -0.458 e. The summed E-state index contributed by atoms with van der Waals surface area (Å²) in [6.07, 6.45) is 0.790. The molecule has 1 aromatic heterocycles. The molecule has 1 fully saturated rings. The van der Waals surface area contributed by atoms with E-state index in [-0.39, 0.29) is 12.6 Å². The molecule has 4 amide bonds. The van der Waals surface area contributed by atoms with Crippen molar-refractivity contribution in [2.45, 2.75) is 38.8 Å². The first-order valence-electron chi connectivity index (χ1n) is 9.32. The third kappa shape index (κ3) is 4.01. The Kier molecular flexibility index (Phi) is 5.69. The summed E-state index contributed by atoms with van der Waals surface area (Å²) < 4.78 is 11.2. The molecule has 1 saturated heterocycles. The van der Waals surface area contributed by atoms with Crippen LogP contribution < -0.4 is 10.6 Å². The first-order valence-corrected chi connectivity index (χ1v) is 9.32. The number of hydrogen-bond donors (Lipinski definition) is 2. The average molecular weight is 387 g/mol. The molecule has 8 heteroatoms. The smallest absolute Gasteiger partial charge is 0.325 e. The lowest BCUT2D eigenvalue weighted by atomic mass is 9.99. The van der Waals surface area contributed by atoms with Crippen molar-refractivity contribution < 1.29 is 23.5 Å². The van der Waals surface area contributed by atoms with Crippen LogP contribution in [0.15, 0.2) is 34.7 Å². The maximum Gasteiger partial charge on any atom is 0.325 e.